The maximum Gasteiger partial charge on any atom is 0.303 e. The molecule has 0 amide bonds. The summed E-state index contributed by atoms with van der Waals surface area (Å²) in [5.41, 5.74) is 2.19. The Morgan fingerprint density at radius 1 is 1.19 bits per heavy atom. The summed E-state index contributed by atoms with van der Waals surface area (Å²) >= 11 is 6.34. The van der Waals surface area contributed by atoms with Crippen LogP contribution < -0.4 is 4.74 Å². The van der Waals surface area contributed by atoms with Crippen molar-refractivity contribution in [3.63, 3.8) is 0 Å². The van der Waals surface area contributed by atoms with E-state index in [9.17, 15) is 4.79 Å². The Morgan fingerprint density at radius 3 is 2.48 bits per heavy atom. The van der Waals surface area contributed by atoms with E-state index in [1.807, 2.05) is 12.1 Å². The Bertz CT molecular complexity index is 730. The second-order valence-corrected chi connectivity index (χ2v) is 9.89. The van der Waals surface area contributed by atoms with Crippen molar-refractivity contribution in [2.75, 3.05) is 0 Å². The van der Waals surface area contributed by atoms with Gasteiger partial charge in [-0.1, -0.05) is 11.6 Å². The van der Waals surface area contributed by atoms with Crippen LogP contribution in [0.3, 0.4) is 0 Å². The van der Waals surface area contributed by atoms with Crippen molar-refractivity contribution in [3.05, 3.63) is 28.3 Å². The van der Waals surface area contributed by atoms with Crippen molar-refractivity contribution in [2.24, 2.45) is 5.41 Å². The van der Waals surface area contributed by atoms with Crippen molar-refractivity contribution in [1.82, 2.24) is 0 Å². The van der Waals surface area contributed by atoms with Crippen molar-refractivity contribution in [2.45, 2.75) is 89.4 Å². The van der Waals surface area contributed by atoms with Gasteiger partial charge in [0.1, 0.15) is 11.4 Å². The topological polar surface area (TPSA) is 55.8 Å². The first-order valence-electron chi connectivity index (χ1n) is 10.1. The van der Waals surface area contributed by atoms with E-state index >= 15 is 0 Å². The number of carbonyl (C=O) groups is 1. The minimum Gasteiger partial charge on any atom is -0.487 e. The van der Waals surface area contributed by atoms with E-state index in [0.29, 0.717) is 6.61 Å². The van der Waals surface area contributed by atoms with Gasteiger partial charge >= 0.3 is 5.97 Å². The van der Waals surface area contributed by atoms with Gasteiger partial charge in [-0.15, -0.1) is 0 Å². The smallest absolute Gasteiger partial charge is 0.303 e. The van der Waals surface area contributed by atoms with Crippen LogP contribution in [0.15, 0.2) is 12.1 Å². The fourth-order valence-electron chi connectivity index (χ4n) is 5.28. The molecule has 1 N–H and O–H groups in total. The Hall–Kier alpha value is -1.26. The number of halogens is 1. The number of carboxylic acids is 1. The van der Waals surface area contributed by atoms with Crippen LogP contribution in [-0.4, -0.2) is 22.3 Å². The minimum absolute atomic E-state index is 0.0612. The first kappa shape index (κ1) is 19.1. The van der Waals surface area contributed by atoms with Crippen molar-refractivity contribution in [3.8, 4) is 5.75 Å². The molecule has 4 aliphatic rings. The third kappa shape index (κ3) is 3.84. The molecule has 0 spiro atoms. The van der Waals surface area contributed by atoms with Gasteiger partial charge in [0.15, 0.2) is 0 Å². The molecule has 5 heteroatoms. The zero-order chi connectivity index (χ0) is 19.3. The summed E-state index contributed by atoms with van der Waals surface area (Å²) in [5, 5.41) is 9.76. The van der Waals surface area contributed by atoms with E-state index in [4.69, 9.17) is 26.2 Å². The van der Waals surface area contributed by atoms with Crippen LogP contribution in [-0.2, 0) is 22.6 Å². The highest BCUT2D eigenvalue weighted by Crippen LogP contribution is 2.56. The number of fused-ring (bicyclic) bond motifs is 4. The zero-order valence-corrected chi connectivity index (χ0v) is 17.0. The second kappa shape index (κ2) is 6.66. The number of aliphatic carboxylic acids is 1. The van der Waals surface area contributed by atoms with Gasteiger partial charge in [-0.05, 0) is 81.9 Å². The van der Waals surface area contributed by atoms with Crippen LogP contribution in [0.2, 0.25) is 5.02 Å². The van der Waals surface area contributed by atoms with Crippen molar-refractivity contribution < 1.29 is 19.4 Å². The lowest BCUT2D eigenvalue weighted by Crippen LogP contribution is -2.47. The second-order valence-electron chi connectivity index (χ2n) is 9.46. The van der Waals surface area contributed by atoms with E-state index in [1.54, 1.807) is 0 Å². The maximum atomic E-state index is 11.0. The van der Waals surface area contributed by atoms with Gasteiger partial charge in [-0.2, -0.15) is 0 Å². The van der Waals surface area contributed by atoms with Crippen LogP contribution >= 0.6 is 11.6 Å². The summed E-state index contributed by atoms with van der Waals surface area (Å²) in [5.74, 6) is 0.268. The van der Waals surface area contributed by atoms with Crippen molar-refractivity contribution >= 4 is 17.6 Å². The predicted molar refractivity (Wildman–Crippen MR) is 104 cm³/mol. The Balaban J connectivity index is 1.42. The number of rotatable bonds is 6. The quantitative estimate of drug-likeness (QED) is 0.691. The lowest BCUT2D eigenvalue weighted by Gasteiger charge is -2.53. The molecule has 2 bridgehead atoms. The first-order valence-corrected chi connectivity index (χ1v) is 10.4. The fraction of sp³-hybridized carbons (Fsp3) is 0.682. The molecule has 3 fully saturated rings. The summed E-state index contributed by atoms with van der Waals surface area (Å²) < 4.78 is 12.7. The Kier molecular flexibility index (Phi) is 4.71. The third-order valence-electron chi connectivity index (χ3n) is 6.94. The molecule has 27 heavy (non-hydrogen) atoms. The van der Waals surface area contributed by atoms with Gasteiger partial charge in [-0.3, -0.25) is 4.79 Å². The van der Waals surface area contributed by atoms with Gasteiger partial charge in [0.2, 0.25) is 0 Å². The average molecular weight is 393 g/mol. The van der Waals surface area contributed by atoms with E-state index in [0.717, 1.165) is 67.7 Å². The van der Waals surface area contributed by atoms with Crippen LogP contribution in [0.1, 0.15) is 76.3 Å². The summed E-state index contributed by atoms with van der Waals surface area (Å²) in [4.78, 5) is 11.0. The largest absolute Gasteiger partial charge is 0.487 e. The van der Waals surface area contributed by atoms with E-state index < -0.39 is 5.97 Å². The monoisotopic (exact) mass is 392 g/mol. The third-order valence-corrected chi connectivity index (χ3v) is 7.16. The number of benzene rings is 1. The number of carboxylic acid groups (broad SMARTS) is 1. The normalized spacial score (nSPS) is 30.8. The highest BCUT2D eigenvalue weighted by molar-refractivity contribution is 6.30. The van der Waals surface area contributed by atoms with Crippen molar-refractivity contribution in [1.29, 1.82) is 0 Å². The molecule has 148 valence electrons. The molecule has 0 atom stereocenters. The molecule has 0 aromatic heterocycles. The fourth-order valence-corrected chi connectivity index (χ4v) is 5.54. The molecule has 0 saturated heterocycles. The lowest BCUT2D eigenvalue weighted by molar-refractivity contribution is -0.150. The highest BCUT2D eigenvalue weighted by atomic mass is 35.5. The van der Waals surface area contributed by atoms with E-state index in [-0.39, 0.29) is 23.0 Å². The highest BCUT2D eigenvalue weighted by Gasteiger charge is 2.49. The van der Waals surface area contributed by atoms with Crippen LogP contribution in [0.5, 0.6) is 5.75 Å². The summed E-state index contributed by atoms with van der Waals surface area (Å²) in [7, 11) is 0. The molecule has 4 nitrogen and oxygen atoms in total. The average Bonchev–Trinajstić information content (AvgIpc) is 2.93. The van der Waals surface area contributed by atoms with Gasteiger partial charge in [-0.25, -0.2) is 0 Å². The summed E-state index contributed by atoms with van der Waals surface area (Å²) in [6.07, 6.45) is 8.30. The van der Waals surface area contributed by atoms with Crippen LogP contribution in [0.4, 0.5) is 0 Å². The molecule has 1 aromatic carbocycles. The van der Waals surface area contributed by atoms with Crippen LogP contribution in [0.25, 0.3) is 0 Å². The Labute approximate surface area is 166 Å². The number of hydrogen-bond donors (Lipinski definition) is 1. The lowest BCUT2D eigenvalue weighted by atomic mass is 9.57. The molecule has 1 aromatic rings. The molecular formula is C22H29ClO4. The van der Waals surface area contributed by atoms with Gasteiger partial charge in [0.25, 0.3) is 0 Å². The maximum absolute atomic E-state index is 11.0. The SMILES string of the molecule is CC1(C)Cc2cc(Cl)cc(COC34CCC(CCC(=O)O)(CC3)CC4)c2O1. The number of hydrogen-bond acceptors (Lipinski definition) is 3. The summed E-state index contributed by atoms with van der Waals surface area (Å²) in [6.45, 7) is 4.73. The molecular weight excluding hydrogens is 364 g/mol. The molecule has 3 saturated carbocycles. The zero-order valence-electron chi connectivity index (χ0n) is 16.3. The van der Waals surface area contributed by atoms with Gasteiger partial charge < -0.3 is 14.6 Å². The molecule has 1 aliphatic heterocycles. The minimum atomic E-state index is -0.680. The van der Waals surface area contributed by atoms with Crippen LogP contribution in [0, 0.1) is 5.41 Å². The molecule has 5 rings (SSSR count). The number of ether oxygens (including phenoxy) is 2. The Morgan fingerprint density at radius 2 is 1.85 bits per heavy atom. The van der Waals surface area contributed by atoms with E-state index in [1.165, 1.54) is 5.56 Å². The van der Waals surface area contributed by atoms with Gasteiger partial charge in [0.05, 0.1) is 12.2 Å². The summed E-state index contributed by atoms with van der Waals surface area (Å²) in [6, 6.07) is 3.98. The van der Waals surface area contributed by atoms with Gasteiger partial charge in [0, 0.05) is 23.4 Å². The molecule has 0 unspecified atom stereocenters. The molecule has 0 radical (unpaired) electrons. The van der Waals surface area contributed by atoms with E-state index in [2.05, 4.69) is 13.8 Å². The molecule has 1 heterocycles. The first-order chi connectivity index (χ1) is 12.7. The standard InChI is InChI=1S/C22H29ClO4/c1-20(2)13-15-11-17(23)12-16(19(15)27-20)14-26-22-8-5-21(6-9-22,7-10-22)4-3-18(24)25/h11-12H,3-10,13-14H2,1-2H3,(H,24,25). The predicted octanol–water partition coefficient (Wildman–Crippen LogP) is 5.53. The molecule has 3 aliphatic carbocycles.